The summed E-state index contributed by atoms with van der Waals surface area (Å²) in [5.74, 6) is 0.800. The van der Waals surface area contributed by atoms with Crippen LogP contribution in [0, 0.1) is 11.3 Å². The van der Waals surface area contributed by atoms with Crippen LogP contribution < -0.4 is 10.6 Å². The van der Waals surface area contributed by atoms with Crippen LogP contribution in [0.25, 0.3) is 0 Å². The third kappa shape index (κ3) is 5.30. The van der Waals surface area contributed by atoms with E-state index in [1.165, 1.54) is 11.1 Å². The molecule has 0 spiro atoms. The highest BCUT2D eigenvalue weighted by molar-refractivity contribution is 5.77. The van der Waals surface area contributed by atoms with Gasteiger partial charge in [0.25, 0.3) is 0 Å². The fourth-order valence-corrected chi connectivity index (χ4v) is 3.91. The van der Waals surface area contributed by atoms with Crippen LogP contribution in [0.15, 0.2) is 54.1 Å². The summed E-state index contributed by atoms with van der Waals surface area (Å²) in [6, 6.07) is 10.6. The predicted molar refractivity (Wildman–Crippen MR) is 103 cm³/mol. The summed E-state index contributed by atoms with van der Waals surface area (Å²) in [5, 5.41) is 6.58. The van der Waals surface area contributed by atoms with E-state index in [1.807, 2.05) is 0 Å². The molecule has 0 radical (unpaired) electrons. The molecule has 134 valence electrons. The quantitative estimate of drug-likeness (QED) is 0.832. The van der Waals surface area contributed by atoms with E-state index in [0.29, 0.717) is 18.9 Å². The minimum absolute atomic E-state index is 0.0853. The number of amides is 1. The molecule has 2 N–H and O–H groups in total. The summed E-state index contributed by atoms with van der Waals surface area (Å²) in [7, 11) is 0. The van der Waals surface area contributed by atoms with Crippen molar-refractivity contribution in [1.82, 2.24) is 10.6 Å². The average Bonchev–Trinajstić information content (AvgIpc) is 2.63. The molecular formula is C22H30N2O. The summed E-state index contributed by atoms with van der Waals surface area (Å²) in [6.07, 6.45) is 11.4. The summed E-state index contributed by atoms with van der Waals surface area (Å²) in [5.41, 5.74) is 2.65. The molecule has 1 unspecified atom stereocenters. The van der Waals surface area contributed by atoms with Crippen molar-refractivity contribution < 1.29 is 4.79 Å². The second-order valence-corrected chi connectivity index (χ2v) is 7.72. The van der Waals surface area contributed by atoms with Crippen LogP contribution in [0.3, 0.4) is 0 Å². The molecule has 0 bridgehead atoms. The highest BCUT2D eigenvalue weighted by Gasteiger charge is 2.34. The Hall–Kier alpha value is -1.87. The number of allylic oxidation sites excluding steroid dienone is 2. The zero-order valence-corrected chi connectivity index (χ0v) is 15.3. The first-order chi connectivity index (χ1) is 12.2. The molecule has 1 aromatic rings. The third-order valence-corrected chi connectivity index (χ3v) is 5.50. The molecule has 0 aromatic heterocycles. The number of hydrogen-bond donors (Lipinski definition) is 2. The summed E-state index contributed by atoms with van der Waals surface area (Å²) in [6.45, 7) is 4.88. The van der Waals surface area contributed by atoms with E-state index in [0.717, 1.165) is 38.8 Å². The van der Waals surface area contributed by atoms with Gasteiger partial charge in [-0.3, -0.25) is 4.79 Å². The number of carbonyl (C=O) groups excluding carboxylic acids is 1. The van der Waals surface area contributed by atoms with E-state index < -0.39 is 0 Å². The predicted octanol–water partition coefficient (Wildman–Crippen LogP) is 3.63. The number of hydrogen-bond acceptors (Lipinski definition) is 2. The maximum Gasteiger partial charge on any atom is 0.220 e. The lowest BCUT2D eigenvalue weighted by Crippen LogP contribution is -2.42. The van der Waals surface area contributed by atoms with Crippen LogP contribution in [0.4, 0.5) is 0 Å². The Morgan fingerprint density at radius 2 is 2.00 bits per heavy atom. The van der Waals surface area contributed by atoms with E-state index >= 15 is 0 Å². The van der Waals surface area contributed by atoms with Gasteiger partial charge in [0.05, 0.1) is 0 Å². The van der Waals surface area contributed by atoms with Gasteiger partial charge < -0.3 is 10.6 Å². The van der Waals surface area contributed by atoms with Gasteiger partial charge in [0.2, 0.25) is 5.91 Å². The Labute approximate surface area is 151 Å². The molecule has 1 heterocycles. The number of benzene rings is 1. The molecule has 3 heteroatoms. The van der Waals surface area contributed by atoms with Gasteiger partial charge in [0, 0.05) is 13.0 Å². The maximum absolute atomic E-state index is 12.6. The van der Waals surface area contributed by atoms with Gasteiger partial charge in [-0.15, -0.1) is 0 Å². The maximum atomic E-state index is 12.6. The third-order valence-electron chi connectivity index (χ3n) is 5.50. The largest absolute Gasteiger partial charge is 0.352 e. The molecule has 1 aliphatic carbocycles. The Morgan fingerprint density at radius 1 is 1.24 bits per heavy atom. The van der Waals surface area contributed by atoms with E-state index in [9.17, 15) is 4.79 Å². The Balaban J connectivity index is 1.58. The van der Waals surface area contributed by atoms with Crippen molar-refractivity contribution in [1.29, 1.82) is 0 Å². The Morgan fingerprint density at radius 3 is 2.68 bits per heavy atom. The van der Waals surface area contributed by atoms with Gasteiger partial charge in [-0.05, 0) is 61.2 Å². The first kappa shape index (κ1) is 17.9. The van der Waals surface area contributed by atoms with Gasteiger partial charge in [0.1, 0.15) is 0 Å². The molecule has 1 fully saturated rings. The molecule has 0 saturated carbocycles. The standard InChI is InChI=1S/C22H30N2O/c1-18-7-9-20(10-8-18)17-24-21(25)16-22(11-13-23-14-12-22)15-19-5-3-2-4-6-19/h2-7,9-10,18,23H,8,11-17H2,1H3,(H,24,25). The molecule has 25 heavy (non-hydrogen) atoms. The van der Waals surface area contributed by atoms with Gasteiger partial charge in [-0.25, -0.2) is 0 Å². The fourth-order valence-electron chi connectivity index (χ4n) is 3.91. The highest BCUT2D eigenvalue weighted by Crippen LogP contribution is 2.36. The lowest BCUT2D eigenvalue weighted by molar-refractivity contribution is -0.123. The lowest BCUT2D eigenvalue weighted by Gasteiger charge is -2.37. The van der Waals surface area contributed by atoms with Crippen LogP contribution in [-0.4, -0.2) is 25.5 Å². The summed E-state index contributed by atoms with van der Waals surface area (Å²) in [4.78, 5) is 12.6. The van der Waals surface area contributed by atoms with E-state index in [-0.39, 0.29) is 11.3 Å². The van der Waals surface area contributed by atoms with Gasteiger partial charge in [-0.2, -0.15) is 0 Å². The second-order valence-electron chi connectivity index (χ2n) is 7.72. The fraction of sp³-hybridized carbons (Fsp3) is 0.500. The molecule has 1 saturated heterocycles. The SMILES string of the molecule is CC1C=CC(CNC(=O)CC2(Cc3ccccc3)CCNCC2)=CC1. The van der Waals surface area contributed by atoms with E-state index in [1.54, 1.807) is 0 Å². The monoisotopic (exact) mass is 338 g/mol. The smallest absolute Gasteiger partial charge is 0.220 e. The molecule has 3 rings (SSSR count). The molecule has 2 aliphatic rings. The average molecular weight is 338 g/mol. The first-order valence-electron chi connectivity index (χ1n) is 9.54. The molecule has 3 nitrogen and oxygen atoms in total. The summed E-state index contributed by atoms with van der Waals surface area (Å²) >= 11 is 0. The van der Waals surface area contributed by atoms with Crippen LogP contribution in [0.2, 0.25) is 0 Å². The van der Waals surface area contributed by atoms with Crippen molar-refractivity contribution >= 4 is 5.91 Å². The molecule has 1 atom stereocenters. The molecular weight excluding hydrogens is 308 g/mol. The Bertz CT molecular complexity index is 627. The van der Waals surface area contributed by atoms with Crippen molar-refractivity contribution in [3.8, 4) is 0 Å². The number of nitrogens with one attached hydrogen (secondary N) is 2. The van der Waals surface area contributed by atoms with Gasteiger partial charge in [0.15, 0.2) is 0 Å². The van der Waals surface area contributed by atoms with Crippen molar-refractivity contribution in [2.75, 3.05) is 19.6 Å². The van der Waals surface area contributed by atoms with Crippen molar-refractivity contribution in [3.05, 3.63) is 59.7 Å². The molecule has 1 aromatic carbocycles. The first-order valence-corrected chi connectivity index (χ1v) is 9.54. The highest BCUT2D eigenvalue weighted by atomic mass is 16.1. The van der Waals surface area contributed by atoms with E-state index in [2.05, 4.69) is 66.1 Å². The van der Waals surface area contributed by atoms with Gasteiger partial charge >= 0.3 is 0 Å². The van der Waals surface area contributed by atoms with Crippen LogP contribution in [-0.2, 0) is 11.2 Å². The van der Waals surface area contributed by atoms with Gasteiger partial charge in [-0.1, -0.05) is 55.5 Å². The topological polar surface area (TPSA) is 41.1 Å². The van der Waals surface area contributed by atoms with E-state index in [4.69, 9.17) is 0 Å². The van der Waals surface area contributed by atoms with Crippen molar-refractivity contribution in [3.63, 3.8) is 0 Å². The van der Waals surface area contributed by atoms with Crippen molar-refractivity contribution in [2.24, 2.45) is 11.3 Å². The van der Waals surface area contributed by atoms with Crippen LogP contribution >= 0.6 is 0 Å². The Kier molecular flexibility index (Phi) is 6.09. The van der Waals surface area contributed by atoms with Crippen LogP contribution in [0.1, 0.15) is 38.2 Å². The number of rotatable bonds is 6. The number of carbonyl (C=O) groups is 1. The zero-order valence-electron chi connectivity index (χ0n) is 15.3. The second kappa shape index (κ2) is 8.48. The van der Waals surface area contributed by atoms with Crippen LogP contribution in [0.5, 0.6) is 0 Å². The summed E-state index contributed by atoms with van der Waals surface area (Å²) < 4.78 is 0. The normalized spacial score (nSPS) is 22.3. The number of piperidine rings is 1. The molecule has 1 amide bonds. The van der Waals surface area contributed by atoms with Crippen molar-refractivity contribution in [2.45, 2.75) is 39.0 Å². The minimum Gasteiger partial charge on any atom is -0.352 e. The zero-order chi connectivity index (χ0) is 17.5. The molecule has 1 aliphatic heterocycles. The lowest BCUT2D eigenvalue weighted by atomic mass is 9.71. The minimum atomic E-state index is 0.0853.